The molecule has 3 heterocycles. The summed E-state index contributed by atoms with van der Waals surface area (Å²) in [4.78, 5) is 10.6. The Morgan fingerprint density at radius 1 is 1.29 bits per heavy atom. The molecule has 3 aromatic rings. The first-order valence-electron chi connectivity index (χ1n) is 6.80. The second kappa shape index (κ2) is 5.40. The maximum absolute atomic E-state index is 4.34. The van der Waals surface area contributed by atoms with E-state index in [-0.39, 0.29) is 0 Å². The van der Waals surface area contributed by atoms with Gasteiger partial charge in [-0.2, -0.15) is 5.10 Å². The van der Waals surface area contributed by atoms with E-state index in [2.05, 4.69) is 36.4 Å². The lowest BCUT2D eigenvalue weighted by atomic mass is 10.2. The van der Waals surface area contributed by atoms with E-state index in [1.54, 1.807) is 12.4 Å². The number of fused-ring (bicyclic) bond motifs is 1. The van der Waals surface area contributed by atoms with Crippen molar-refractivity contribution in [1.29, 1.82) is 0 Å². The zero-order valence-corrected chi connectivity index (χ0v) is 12.4. The molecule has 0 saturated heterocycles. The van der Waals surface area contributed by atoms with Crippen molar-refractivity contribution in [3.05, 3.63) is 42.0 Å². The number of nitrogens with zero attached hydrogens (tertiary/aromatic N) is 4. The number of rotatable bonds is 4. The molecule has 0 radical (unpaired) electrons. The van der Waals surface area contributed by atoms with Gasteiger partial charge in [-0.3, -0.25) is 10.1 Å². The van der Waals surface area contributed by atoms with E-state index in [0.717, 1.165) is 33.7 Å². The van der Waals surface area contributed by atoms with Crippen molar-refractivity contribution in [1.82, 2.24) is 20.2 Å². The van der Waals surface area contributed by atoms with Crippen LogP contribution in [0, 0.1) is 6.92 Å². The molecule has 0 spiro atoms. The first kappa shape index (κ1) is 13.4. The summed E-state index contributed by atoms with van der Waals surface area (Å²) in [5.41, 5.74) is 5.04. The van der Waals surface area contributed by atoms with Crippen LogP contribution < -0.4 is 10.2 Å². The van der Waals surface area contributed by atoms with Crippen LogP contribution in [0.1, 0.15) is 11.3 Å². The van der Waals surface area contributed by atoms with Gasteiger partial charge in [0.2, 0.25) is 0 Å². The molecule has 0 aliphatic rings. The highest BCUT2D eigenvalue weighted by Crippen LogP contribution is 2.20. The molecule has 2 N–H and O–H groups in total. The minimum Gasteiger partial charge on any atom is -0.380 e. The summed E-state index contributed by atoms with van der Waals surface area (Å²) in [6.45, 7) is 2.69. The standard InChI is InChI=1S/C15H18N6/c1-10-13-6-12(9-18-15(13)20-19-10)17-8-11-7-16-5-4-14(11)21(2)3/h4-7,9,17H,8H2,1-3H3,(H,18,19,20). The highest BCUT2D eigenvalue weighted by atomic mass is 15.1. The number of H-pyrrole nitrogens is 1. The van der Waals surface area contributed by atoms with Crippen molar-refractivity contribution in [2.24, 2.45) is 0 Å². The number of aromatic nitrogens is 4. The number of anilines is 2. The fourth-order valence-corrected chi connectivity index (χ4v) is 2.31. The molecule has 3 aromatic heterocycles. The Hall–Kier alpha value is -2.63. The average Bonchev–Trinajstić information content (AvgIpc) is 2.86. The molecule has 3 rings (SSSR count). The third-order valence-corrected chi connectivity index (χ3v) is 3.44. The van der Waals surface area contributed by atoms with Crippen LogP contribution in [0.3, 0.4) is 0 Å². The topological polar surface area (TPSA) is 69.7 Å². The molecular formula is C15H18N6. The monoisotopic (exact) mass is 282 g/mol. The molecule has 108 valence electrons. The van der Waals surface area contributed by atoms with Gasteiger partial charge in [0.25, 0.3) is 0 Å². The molecule has 0 saturated carbocycles. The van der Waals surface area contributed by atoms with E-state index >= 15 is 0 Å². The second-order valence-electron chi connectivity index (χ2n) is 5.20. The Bertz CT molecular complexity index is 762. The third-order valence-electron chi connectivity index (χ3n) is 3.44. The zero-order valence-electron chi connectivity index (χ0n) is 12.4. The van der Waals surface area contributed by atoms with Crippen molar-refractivity contribution in [2.75, 3.05) is 24.3 Å². The van der Waals surface area contributed by atoms with Gasteiger partial charge < -0.3 is 10.2 Å². The molecule has 0 aliphatic carbocycles. The fraction of sp³-hybridized carbons (Fsp3) is 0.267. The largest absolute Gasteiger partial charge is 0.380 e. The minimum absolute atomic E-state index is 0.700. The third kappa shape index (κ3) is 2.65. The zero-order chi connectivity index (χ0) is 14.8. The summed E-state index contributed by atoms with van der Waals surface area (Å²) in [6.07, 6.45) is 5.49. The highest BCUT2D eigenvalue weighted by Gasteiger charge is 2.06. The Balaban J connectivity index is 1.82. The van der Waals surface area contributed by atoms with Crippen molar-refractivity contribution in [2.45, 2.75) is 13.5 Å². The number of hydrogen-bond acceptors (Lipinski definition) is 5. The van der Waals surface area contributed by atoms with Gasteiger partial charge in [-0.05, 0) is 19.1 Å². The van der Waals surface area contributed by atoms with E-state index in [9.17, 15) is 0 Å². The lowest BCUT2D eigenvalue weighted by Gasteiger charge is -2.17. The summed E-state index contributed by atoms with van der Waals surface area (Å²) in [6, 6.07) is 4.07. The Kier molecular flexibility index (Phi) is 3.43. The predicted octanol–water partition coefficient (Wildman–Crippen LogP) is 2.34. The van der Waals surface area contributed by atoms with Crippen LogP contribution in [0.4, 0.5) is 11.4 Å². The Morgan fingerprint density at radius 2 is 2.14 bits per heavy atom. The Labute approximate surface area is 123 Å². The summed E-state index contributed by atoms with van der Waals surface area (Å²) in [5, 5.41) is 11.5. The van der Waals surface area contributed by atoms with E-state index in [4.69, 9.17) is 0 Å². The summed E-state index contributed by atoms with van der Waals surface area (Å²) < 4.78 is 0. The van der Waals surface area contributed by atoms with E-state index in [1.807, 2.05) is 33.3 Å². The van der Waals surface area contributed by atoms with Gasteiger partial charge >= 0.3 is 0 Å². The average molecular weight is 282 g/mol. The first-order valence-corrected chi connectivity index (χ1v) is 6.80. The van der Waals surface area contributed by atoms with E-state index in [0.29, 0.717) is 6.54 Å². The number of aryl methyl sites for hydroxylation is 1. The molecule has 0 fully saturated rings. The SMILES string of the molecule is Cc1[nH]nc2ncc(NCc3cnccc3N(C)C)cc12. The smallest absolute Gasteiger partial charge is 0.181 e. The molecule has 0 unspecified atom stereocenters. The number of hydrogen-bond donors (Lipinski definition) is 2. The van der Waals surface area contributed by atoms with Crippen LogP contribution in [0.25, 0.3) is 11.0 Å². The summed E-state index contributed by atoms with van der Waals surface area (Å²) in [5.74, 6) is 0. The molecule has 0 amide bonds. The van der Waals surface area contributed by atoms with Crippen LogP contribution in [0.15, 0.2) is 30.7 Å². The van der Waals surface area contributed by atoms with Gasteiger partial charge in [0.1, 0.15) is 0 Å². The van der Waals surface area contributed by atoms with Crippen molar-refractivity contribution in [3.8, 4) is 0 Å². The lowest BCUT2D eigenvalue weighted by molar-refractivity contribution is 1.04. The highest BCUT2D eigenvalue weighted by molar-refractivity contribution is 5.80. The van der Waals surface area contributed by atoms with Gasteiger partial charge in [-0.25, -0.2) is 4.98 Å². The second-order valence-corrected chi connectivity index (χ2v) is 5.20. The van der Waals surface area contributed by atoms with Gasteiger partial charge in [-0.15, -0.1) is 0 Å². The van der Waals surface area contributed by atoms with Crippen LogP contribution in [-0.2, 0) is 6.54 Å². The molecule has 0 aromatic carbocycles. The van der Waals surface area contributed by atoms with Crippen molar-refractivity contribution < 1.29 is 0 Å². The summed E-state index contributed by atoms with van der Waals surface area (Å²) >= 11 is 0. The van der Waals surface area contributed by atoms with Gasteiger partial charge in [-0.1, -0.05) is 0 Å². The first-order chi connectivity index (χ1) is 10.1. The molecule has 6 nitrogen and oxygen atoms in total. The van der Waals surface area contributed by atoms with Crippen molar-refractivity contribution in [3.63, 3.8) is 0 Å². The van der Waals surface area contributed by atoms with Gasteiger partial charge in [0.15, 0.2) is 5.65 Å². The summed E-state index contributed by atoms with van der Waals surface area (Å²) in [7, 11) is 4.06. The Morgan fingerprint density at radius 3 is 2.95 bits per heavy atom. The quantitative estimate of drug-likeness (QED) is 0.768. The molecule has 21 heavy (non-hydrogen) atoms. The van der Waals surface area contributed by atoms with Gasteiger partial charge in [0, 0.05) is 55.4 Å². The van der Waals surface area contributed by atoms with Crippen LogP contribution in [0.5, 0.6) is 0 Å². The minimum atomic E-state index is 0.700. The number of aromatic amines is 1. The van der Waals surface area contributed by atoms with E-state index < -0.39 is 0 Å². The van der Waals surface area contributed by atoms with Crippen LogP contribution >= 0.6 is 0 Å². The molecule has 0 aliphatic heterocycles. The van der Waals surface area contributed by atoms with Crippen LogP contribution in [0.2, 0.25) is 0 Å². The number of pyridine rings is 2. The van der Waals surface area contributed by atoms with E-state index in [1.165, 1.54) is 0 Å². The van der Waals surface area contributed by atoms with Crippen LogP contribution in [-0.4, -0.2) is 34.3 Å². The van der Waals surface area contributed by atoms with Crippen molar-refractivity contribution >= 4 is 22.4 Å². The fourth-order valence-electron chi connectivity index (χ4n) is 2.31. The maximum atomic E-state index is 4.34. The number of nitrogens with one attached hydrogen (secondary N) is 2. The molecule has 0 atom stereocenters. The molecular weight excluding hydrogens is 264 g/mol. The lowest BCUT2D eigenvalue weighted by Crippen LogP contribution is -2.13. The normalized spacial score (nSPS) is 10.8. The predicted molar refractivity (Wildman–Crippen MR) is 84.5 cm³/mol. The molecule has 0 bridgehead atoms. The maximum Gasteiger partial charge on any atom is 0.181 e. The van der Waals surface area contributed by atoms with Gasteiger partial charge in [0.05, 0.1) is 11.9 Å². The molecule has 6 heteroatoms.